The van der Waals surface area contributed by atoms with E-state index >= 15 is 0 Å². The summed E-state index contributed by atoms with van der Waals surface area (Å²) in [7, 11) is 0. The van der Waals surface area contributed by atoms with Gasteiger partial charge in [-0.25, -0.2) is 4.39 Å². The normalized spacial score (nSPS) is 13.4. The third-order valence-electron chi connectivity index (χ3n) is 5.20. The first kappa shape index (κ1) is 17.6. The van der Waals surface area contributed by atoms with E-state index in [4.69, 9.17) is 0 Å². The van der Waals surface area contributed by atoms with Crippen LogP contribution in [-0.4, -0.2) is 32.3 Å². The molecule has 144 valence electrons. The largest absolute Gasteiger partial charge is 0.309 e. The Morgan fingerprint density at radius 1 is 1.10 bits per heavy atom. The zero-order chi connectivity index (χ0) is 19.8. The smallest absolute Gasteiger partial charge is 0.168 e. The summed E-state index contributed by atoms with van der Waals surface area (Å²) in [4.78, 5) is 12.5. The molecule has 0 saturated heterocycles. The van der Waals surface area contributed by atoms with Crippen molar-refractivity contribution >= 4 is 16.7 Å². The van der Waals surface area contributed by atoms with Crippen LogP contribution in [-0.2, 0) is 19.5 Å². The number of hydrogen-bond donors (Lipinski definition) is 1. The van der Waals surface area contributed by atoms with Crippen molar-refractivity contribution in [1.82, 2.24) is 25.3 Å². The van der Waals surface area contributed by atoms with E-state index < -0.39 is 0 Å². The Kier molecular flexibility index (Phi) is 4.37. The molecule has 0 aliphatic carbocycles. The number of carbonyl (C=O) groups is 1. The van der Waals surface area contributed by atoms with Crippen molar-refractivity contribution < 1.29 is 9.18 Å². The standard InChI is InChI=1S/C22H18FN5O/c23-17-4-1-14(2-5-17)22(29)11-18-10-16-9-15(3-6-20(16)27-26-18)19-12-25-28-8-7-24-13-21(19)28/h1-6,9-10,12,24H,7-8,11,13H2. The number of aromatic nitrogens is 4. The van der Waals surface area contributed by atoms with Gasteiger partial charge in [-0.15, -0.1) is 0 Å². The van der Waals surface area contributed by atoms with Crippen molar-refractivity contribution in [2.45, 2.75) is 19.5 Å². The fraction of sp³-hybridized carbons (Fsp3) is 0.182. The maximum absolute atomic E-state index is 13.1. The molecule has 1 N–H and O–H groups in total. The third kappa shape index (κ3) is 3.40. The molecule has 0 fully saturated rings. The predicted octanol–water partition coefficient (Wildman–Crippen LogP) is 3.16. The van der Waals surface area contributed by atoms with Gasteiger partial charge in [-0.3, -0.25) is 9.48 Å². The Morgan fingerprint density at radius 3 is 2.83 bits per heavy atom. The van der Waals surface area contributed by atoms with E-state index in [9.17, 15) is 9.18 Å². The summed E-state index contributed by atoms with van der Waals surface area (Å²) in [6.07, 6.45) is 2.02. The first-order valence-electron chi connectivity index (χ1n) is 9.48. The van der Waals surface area contributed by atoms with E-state index in [1.807, 2.05) is 29.1 Å². The number of nitrogens with zero attached hydrogens (tertiary/aromatic N) is 4. The fourth-order valence-corrected chi connectivity index (χ4v) is 3.67. The van der Waals surface area contributed by atoms with Gasteiger partial charge in [-0.2, -0.15) is 15.3 Å². The third-order valence-corrected chi connectivity index (χ3v) is 5.20. The van der Waals surface area contributed by atoms with Crippen LogP contribution in [0.3, 0.4) is 0 Å². The quantitative estimate of drug-likeness (QED) is 0.545. The maximum Gasteiger partial charge on any atom is 0.168 e. The molecule has 1 aliphatic rings. The molecule has 2 aromatic heterocycles. The van der Waals surface area contributed by atoms with Crippen LogP contribution in [0.4, 0.5) is 4.39 Å². The average Bonchev–Trinajstić information content (AvgIpc) is 3.18. The molecule has 5 rings (SSSR count). The predicted molar refractivity (Wildman–Crippen MR) is 107 cm³/mol. The lowest BCUT2D eigenvalue weighted by molar-refractivity contribution is 0.0991. The summed E-state index contributed by atoms with van der Waals surface area (Å²) in [5.74, 6) is -0.483. The van der Waals surface area contributed by atoms with Crippen LogP contribution >= 0.6 is 0 Å². The Balaban J connectivity index is 1.46. The second-order valence-corrected chi connectivity index (χ2v) is 7.12. The lowest BCUT2D eigenvalue weighted by Crippen LogP contribution is -2.28. The fourth-order valence-electron chi connectivity index (χ4n) is 3.67. The first-order valence-corrected chi connectivity index (χ1v) is 9.48. The Labute approximate surface area is 166 Å². The molecule has 0 radical (unpaired) electrons. The van der Waals surface area contributed by atoms with E-state index in [1.165, 1.54) is 30.0 Å². The van der Waals surface area contributed by atoms with Crippen LogP contribution in [0.5, 0.6) is 0 Å². The second-order valence-electron chi connectivity index (χ2n) is 7.12. The molecule has 29 heavy (non-hydrogen) atoms. The molecular weight excluding hydrogens is 369 g/mol. The summed E-state index contributed by atoms with van der Waals surface area (Å²) >= 11 is 0. The van der Waals surface area contributed by atoms with Gasteiger partial charge in [0, 0.05) is 29.6 Å². The van der Waals surface area contributed by atoms with Gasteiger partial charge in [-0.05, 0) is 48.0 Å². The van der Waals surface area contributed by atoms with Crippen molar-refractivity contribution in [3.63, 3.8) is 0 Å². The van der Waals surface area contributed by atoms with Crippen LogP contribution in [0.1, 0.15) is 21.7 Å². The van der Waals surface area contributed by atoms with Crippen molar-refractivity contribution in [3.05, 3.63) is 77.5 Å². The van der Waals surface area contributed by atoms with E-state index in [1.54, 1.807) is 0 Å². The maximum atomic E-state index is 13.1. The molecule has 0 unspecified atom stereocenters. The van der Waals surface area contributed by atoms with E-state index in [2.05, 4.69) is 26.7 Å². The SMILES string of the molecule is O=C(Cc1cc2cc(-c3cnn4c3CNCC4)ccc2nn1)c1ccc(F)cc1. The molecule has 0 amide bonds. The molecule has 4 aromatic rings. The van der Waals surface area contributed by atoms with Crippen molar-refractivity contribution in [2.75, 3.05) is 6.54 Å². The highest BCUT2D eigenvalue weighted by Gasteiger charge is 2.16. The molecule has 0 saturated carbocycles. The van der Waals surface area contributed by atoms with Gasteiger partial charge in [0.1, 0.15) is 5.82 Å². The number of hydrogen-bond acceptors (Lipinski definition) is 5. The summed E-state index contributed by atoms with van der Waals surface area (Å²) in [6, 6.07) is 13.4. The Morgan fingerprint density at radius 2 is 1.97 bits per heavy atom. The second kappa shape index (κ2) is 7.18. The van der Waals surface area contributed by atoms with E-state index in [-0.39, 0.29) is 18.0 Å². The Bertz CT molecular complexity index is 1220. The molecule has 0 bridgehead atoms. The highest BCUT2D eigenvalue weighted by molar-refractivity contribution is 5.97. The van der Waals surface area contributed by atoms with Gasteiger partial charge >= 0.3 is 0 Å². The number of halogens is 1. The summed E-state index contributed by atoms with van der Waals surface area (Å²) in [5.41, 5.74) is 5.14. The van der Waals surface area contributed by atoms with Crippen LogP contribution in [0, 0.1) is 5.82 Å². The van der Waals surface area contributed by atoms with Gasteiger partial charge in [0.15, 0.2) is 5.78 Å². The number of rotatable bonds is 4. The molecule has 6 nitrogen and oxygen atoms in total. The number of fused-ring (bicyclic) bond motifs is 2. The molecule has 2 aromatic carbocycles. The Hall–Kier alpha value is -3.45. The number of ketones is 1. The lowest BCUT2D eigenvalue weighted by Gasteiger charge is -2.16. The minimum atomic E-state index is -0.364. The zero-order valence-corrected chi connectivity index (χ0v) is 15.6. The molecule has 0 spiro atoms. The molecule has 7 heteroatoms. The van der Waals surface area contributed by atoms with Gasteiger partial charge in [0.25, 0.3) is 0 Å². The van der Waals surface area contributed by atoms with E-state index in [0.717, 1.165) is 41.7 Å². The summed E-state index contributed by atoms with van der Waals surface area (Å²) < 4.78 is 15.1. The van der Waals surface area contributed by atoms with Crippen molar-refractivity contribution in [1.29, 1.82) is 0 Å². The van der Waals surface area contributed by atoms with Crippen molar-refractivity contribution in [2.24, 2.45) is 0 Å². The molecule has 3 heterocycles. The highest BCUT2D eigenvalue weighted by atomic mass is 19.1. The number of carbonyl (C=O) groups excluding carboxylic acids is 1. The minimum Gasteiger partial charge on any atom is -0.309 e. The van der Waals surface area contributed by atoms with Crippen LogP contribution in [0.15, 0.2) is 54.7 Å². The van der Waals surface area contributed by atoms with Crippen LogP contribution < -0.4 is 5.32 Å². The van der Waals surface area contributed by atoms with Gasteiger partial charge < -0.3 is 5.32 Å². The topological polar surface area (TPSA) is 72.7 Å². The number of nitrogens with one attached hydrogen (secondary N) is 1. The van der Waals surface area contributed by atoms with Gasteiger partial charge in [0.05, 0.1) is 36.1 Å². The highest BCUT2D eigenvalue weighted by Crippen LogP contribution is 2.27. The molecule has 0 atom stereocenters. The number of benzene rings is 2. The number of Topliss-reactive ketones (excluding diaryl/α,β-unsaturated/α-hetero) is 1. The molecule has 1 aliphatic heterocycles. The van der Waals surface area contributed by atoms with E-state index in [0.29, 0.717) is 11.3 Å². The molecular formula is C22H18FN5O. The zero-order valence-electron chi connectivity index (χ0n) is 15.6. The van der Waals surface area contributed by atoms with Crippen LogP contribution in [0.2, 0.25) is 0 Å². The summed E-state index contributed by atoms with van der Waals surface area (Å²) in [6.45, 7) is 2.58. The first-order chi connectivity index (χ1) is 14.2. The van der Waals surface area contributed by atoms with Crippen LogP contribution in [0.25, 0.3) is 22.0 Å². The van der Waals surface area contributed by atoms with Crippen molar-refractivity contribution in [3.8, 4) is 11.1 Å². The van der Waals surface area contributed by atoms with Gasteiger partial charge in [0.2, 0.25) is 0 Å². The average molecular weight is 387 g/mol. The monoisotopic (exact) mass is 387 g/mol. The summed E-state index contributed by atoms with van der Waals surface area (Å²) in [5, 5.41) is 17.2. The lowest BCUT2D eigenvalue weighted by atomic mass is 10.0. The van der Waals surface area contributed by atoms with Gasteiger partial charge in [-0.1, -0.05) is 6.07 Å². The minimum absolute atomic E-state index is 0.117.